The summed E-state index contributed by atoms with van der Waals surface area (Å²) in [6, 6.07) is 76.6. The summed E-state index contributed by atoms with van der Waals surface area (Å²) in [6.07, 6.45) is 6.91. The SMILES string of the molecule is COc1ccc(N(c2ccc(C=C(c3ccc(C)cc3)c3ccc(C)cc3)cc2)c2ccc(/C=C/C(=C(c3ccccc3)c3ccccc3)c3cccc(C)c3)c3ccccc23)c(C)c1. The molecule has 2 nitrogen and oxygen atoms in total. The predicted molar refractivity (Wildman–Crippen MR) is 278 cm³/mol. The third-order valence-corrected chi connectivity index (χ3v) is 12.2. The second-order valence-corrected chi connectivity index (χ2v) is 16.8. The van der Waals surface area contributed by atoms with Crippen LogP contribution < -0.4 is 9.64 Å². The molecule has 9 aromatic carbocycles. The van der Waals surface area contributed by atoms with E-state index in [9.17, 15) is 0 Å². The highest BCUT2D eigenvalue weighted by Gasteiger charge is 2.19. The van der Waals surface area contributed by atoms with Crippen molar-refractivity contribution in [1.82, 2.24) is 0 Å². The molecule has 0 aromatic heterocycles. The normalized spacial score (nSPS) is 11.1. The van der Waals surface area contributed by atoms with Gasteiger partial charge in [-0.2, -0.15) is 0 Å². The van der Waals surface area contributed by atoms with Crippen molar-refractivity contribution in [1.29, 1.82) is 0 Å². The fraction of sp³-hybridized carbons (Fsp3) is 0.0794. The van der Waals surface area contributed by atoms with E-state index in [0.717, 1.165) is 50.5 Å². The summed E-state index contributed by atoms with van der Waals surface area (Å²) < 4.78 is 5.69. The number of rotatable bonds is 12. The van der Waals surface area contributed by atoms with Gasteiger partial charge in [-0.25, -0.2) is 0 Å². The lowest BCUT2D eigenvalue weighted by molar-refractivity contribution is 0.414. The Morgan fingerprint density at radius 3 is 1.60 bits per heavy atom. The third kappa shape index (κ3) is 9.39. The summed E-state index contributed by atoms with van der Waals surface area (Å²) in [5.74, 6) is 0.833. The van der Waals surface area contributed by atoms with E-state index in [-0.39, 0.29) is 0 Å². The summed E-state index contributed by atoms with van der Waals surface area (Å²) in [5.41, 5.74) is 19.8. The zero-order valence-corrected chi connectivity index (χ0v) is 37.8. The van der Waals surface area contributed by atoms with Crippen LogP contribution in [-0.2, 0) is 0 Å². The molecule has 0 heterocycles. The molecule has 65 heavy (non-hydrogen) atoms. The molecule has 0 N–H and O–H groups in total. The third-order valence-electron chi connectivity index (χ3n) is 12.2. The van der Waals surface area contributed by atoms with Gasteiger partial charge in [-0.3, -0.25) is 0 Å². The second-order valence-electron chi connectivity index (χ2n) is 16.8. The van der Waals surface area contributed by atoms with Crippen LogP contribution in [0.3, 0.4) is 0 Å². The fourth-order valence-electron chi connectivity index (χ4n) is 8.74. The van der Waals surface area contributed by atoms with E-state index < -0.39 is 0 Å². The van der Waals surface area contributed by atoms with E-state index in [2.05, 4.69) is 263 Å². The van der Waals surface area contributed by atoms with Gasteiger partial charge >= 0.3 is 0 Å². The van der Waals surface area contributed by atoms with Crippen LogP contribution in [0, 0.1) is 27.7 Å². The van der Waals surface area contributed by atoms with Crippen LogP contribution in [0.1, 0.15) is 61.2 Å². The van der Waals surface area contributed by atoms with Gasteiger partial charge in [0.1, 0.15) is 5.75 Å². The van der Waals surface area contributed by atoms with Crippen molar-refractivity contribution < 1.29 is 4.74 Å². The van der Waals surface area contributed by atoms with E-state index in [1.165, 1.54) is 61.0 Å². The molecular formula is C63H53NO. The van der Waals surface area contributed by atoms with E-state index in [4.69, 9.17) is 4.74 Å². The van der Waals surface area contributed by atoms with Crippen LogP contribution in [0.15, 0.2) is 218 Å². The number of aryl methyl sites for hydroxylation is 4. The number of nitrogens with zero attached hydrogens (tertiary/aromatic N) is 1. The molecule has 0 fully saturated rings. The Balaban J connectivity index is 1.18. The molecule has 0 saturated heterocycles. The highest BCUT2D eigenvalue weighted by atomic mass is 16.5. The molecule has 0 amide bonds. The van der Waals surface area contributed by atoms with Crippen LogP contribution in [0.25, 0.3) is 39.6 Å². The van der Waals surface area contributed by atoms with Gasteiger partial charge < -0.3 is 9.64 Å². The minimum absolute atomic E-state index is 0.833. The molecule has 9 rings (SSSR count). The van der Waals surface area contributed by atoms with Gasteiger partial charge in [-0.15, -0.1) is 0 Å². The van der Waals surface area contributed by atoms with Crippen molar-refractivity contribution in [2.24, 2.45) is 0 Å². The van der Waals surface area contributed by atoms with Crippen molar-refractivity contribution >= 4 is 56.7 Å². The van der Waals surface area contributed by atoms with Crippen molar-refractivity contribution in [2.45, 2.75) is 27.7 Å². The zero-order chi connectivity index (χ0) is 44.7. The highest BCUT2D eigenvalue weighted by Crippen LogP contribution is 2.43. The molecule has 0 unspecified atom stereocenters. The quantitative estimate of drug-likeness (QED) is 0.0898. The average Bonchev–Trinajstić information content (AvgIpc) is 3.34. The molecule has 0 aliphatic heterocycles. The summed E-state index contributed by atoms with van der Waals surface area (Å²) in [5, 5.41) is 2.32. The van der Waals surface area contributed by atoms with Crippen molar-refractivity contribution in [2.75, 3.05) is 12.0 Å². The number of hydrogen-bond acceptors (Lipinski definition) is 2. The number of methoxy groups -OCH3 is 1. The lowest BCUT2D eigenvalue weighted by atomic mass is 9.88. The van der Waals surface area contributed by atoms with Gasteiger partial charge in [0.25, 0.3) is 0 Å². The Morgan fingerprint density at radius 2 is 1.02 bits per heavy atom. The number of ether oxygens (including phenoxy) is 1. The van der Waals surface area contributed by atoms with Crippen LogP contribution in [0.4, 0.5) is 17.1 Å². The molecule has 0 spiro atoms. The Morgan fingerprint density at radius 1 is 0.446 bits per heavy atom. The van der Waals surface area contributed by atoms with Crippen molar-refractivity contribution in [3.05, 3.63) is 280 Å². The Labute approximate surface area is 384 Å². The Hall–Kier alpha value is -7.94. The molecule has 0 aliphatic carbocycles. The summed E-state index contributed by atoms with van der Waals surface area (Å²) in [7, 11) is 1.72. The van der Waals surface area contributed by atoms with Gasteiger partial charge in [0.15, 0.2) is 0 Å². The first-order valence-electron chi connectivity index (χ1n) is 22.4. The van der Waals surface area contributed by atoms with E-state index in [1.54, 1.807) is 7.11 Å². The molecule has 316 valence electrons. The Kier molecular flexibility index (Phi) is 12.5. The predicted octanol–water partition coefficient (Wildman–Crippen LogP) is 16.8. The first kappa shape index (κ1) is 42.4. The summed E-state index contributed by atoms with van der Waals surface area (Å²) in [6.45, 7) is 8.59. The molecule has 0 atom stereocenters. The van der Waals surface area contributed by atoms with Crippen LogP contribution in [0.2, 0.25) is 0 Å². The topological polar surface area (TPSA) is 12.5 Å². The lowest BCUT2D eigenvalue weighted by Gasteiger charge is -2.29. The summed E-state index contributed by atoms with van der Waals surface area (Å²) >= 11 is 0. The van der Waals surface area contributed by atoms with E-state index in [0.29, 0.717) is 0 Å². The van der Waals surface area contributed by atoms with E-state index >= 15 is 0 Å². The second kappa shape index (κ2) is 19.2. The maximum Gasteiger partial charge on any atom is 0.119 e. The maximum atomic E-state index is 5.69. The number of anilines is 3. The smallest absolute Gasteiger partial charge is 0.119 e. The number of allylic oxidation sites excluding steroid dienone is 2. The first-order chi connectivity index (χ1) is 31.8. The molecule has 2 heteroatoms. The maximum absolute atomic E-state index is 5.69. The average molecular weight is 840 g/mol. The van der Waals surface area contributed by atoms with Gasteiger partial charge in [0, 0.05) is 16.8 Å². The monoisotopic (exact) mass is 839 g/mol. The Bertz CT molecular complexity index is 3090. The highest BCUT2D eigenvalue weighted by molar-refractivity contribution is 6.07. The zero-order valence-electron chi connectivity index (χ0n) is 37.8. The number of benzene rings is 9. The summed E-state index contributed by atoms with van der Waals surface area (Å²) in [4.78, 5) is 2.39. The lowest BCUT2D eigenvalue weighted by Crippen LogP contribution is -2.12. The fourth-order valence-corrected chi connectivity index (χ4v) is 8.74. The van der Waals surface area contributed by atoms with Gasteiger partial charge in [-0.1, -0.05) is 205 Å². The molecule has 9 aromatic rings. The molecular weight excluding hydrogens is 787 g/mol. The van der Waals surface area contributed by atoms with Crippen LogP contribution in [-0.4, -0.2) is 7.11 Å². The van der Waals surface area contributed by atoms with Gasteiger partial charge in [0.05, 0.1) is 12.8 Å². The molecule has 0 saturated carbocycles. The molecule has 0 radical (unpaired) electrons. The minimum Gasteiger partial charge on any atom is -0.497 e. The number of fused-ring (bicyclic) bond motifs is 1. The molecule has 0 bridgehead atoms. The van der Waals surface area contributed by atoms with E-state index in [1.807, 2.05) is 0 Å². The molecule has 0 aliphatic rings. The van der Waals surface area contributed by atoms with Crippen molar-refractivity contribution in [3.8, 4) is 5.75 Å². The minimum atomic E-state index is 0.833. The number of hydrogen-bond donors (Lipinski definition) is 0. The largest absolute Gasteiger partial charge is 0.497 e. The first-order valence-corrected chi connectivity index (χ1v) is 22.4. The van der Waals surface area contributed by atoms with Gasteiger partial charge in [0.2, 0.25) is 0 Å². The van der Waals surface area contributed by atoms with Crippen LogP contribution >= 0.6 is 0 Å². The standard InChI is InChI=1S/C63H53NO/c1-44-23-29-50(30-24-44)60(51-31-25-45(2)26-32-51)43-48-27-35-55(36-28-48)64(61-40-37-56(65-5)42-47(61)4)62-39-34-49(57-21-12-13-22-59(57)62)33-38-58(54-20-14-15-46(3)41-54)63(52-16-8-6-9-17-52)53-18-10-7-11-19-53/h6-43H,1-5H3/b38-33+. The van der Waals surface area contributed by atoms with Crippen molar-refractivity contribution in [3.63, 3.8) is 0 Å². The van der Waals surface area contributed by atoms with Gasteiger partial charge in [-0.05, 0) is 137 Å². The van der Waals surface area contributed by atoms with Crippen LogP contribution in [0.5, 0.6) is 5.75 Å².